The van der Waals surface area contributed by atoms with Crippen molar-refractivity contribution in [2.75, 3.05) is 17.8 Å². The number of likely N-dealkylation sites (tertiary alicyclic amines) is 1. The summed E-state index contributed by atoms with van der Waals surface area (Å²) in [7, 11) is -2.28. The highest BCUT2D eigenvalue weighted by molar-refractivity contribution is 7.92. The van der Waals surface area contributed by atoms with Crippen molar-refractivity contribution < 1.29 is 17.6 Å². The van der Waals surface area contributed by atoms with E-state index in [0.29, 0.717) is 32.9 Å². The summed E-state index contributed by atoms with van der Waals surface area (Å²) >= 11 is 1.27. The van der Waals surface area contributed by atoms with E-state index in [4.69, 9.17) is 0 Å². The number of benzene rings is 1. The number of carbonyl (C=O) groups is 1. The predicted octanol–water partition coefficient (Wildman–Crippen LogP) is 4.58. The Labute approximate surface area is 197 Å². The first-order valence-electron chi connectivity index (χ1n) is 10.8. The summed E-state index contributed by atoms with van der Waals surface area (Å²) < 4.78 is 44.1. The van der Waals surface area contributed by atoms with Gasteiger partial charge < -0.3 is 9.47 Å². The van der Waals surface area contributed by atoms with Crippen LogP contribution in [-0.4, -0.2) is 41.9 Å². The molecular weight excluding hydrogens is 463 g/mol. The third-order valence-corrected chi connectivity index (χ3v) is 8.83. The number of thiazole rings is 1. The first-order chi connectivity index (χ1) is 15.6. The first kappa shape index (κ1) is 23.4. The van der Waals surface area contributed by atoms with E-state index in [-0.39, 0.29) is 16.5 Å². The zero-order valence-corrected chi connectivity index (χ0v) is 20.7. The van der Waals surface area contributed by atoms with Crippen LogP contribution >= 0.6 is 11.3 Å². The standard InChI is InChI=1S/C23H27FN4O3S2/c1-14-9-11-28(12-10-14)23(29)21-15(2)25-22(32-21)19-13-20(16(3)27(19)4)33(30,31)26-18-8-6-5-7-17(18)24/h5-8,13-14,26H,9-12H2,1-4H3. The number of nitrogens with one attached hydrogen (secondary N) is 1. The maximum Gasteiger partial charge on any atom is 0.265 e. The predicted molar refractivity (Wildman–Crippen MR) is 128 cm³/mol. The number of halogens is 1. The van der Waals surface area contributed by atoms with Crippen LogP contribution in [0.25, 0.3) is 10.7 Å². The van der Waals surface area contributed by atoms with Gasteiger partial charge in [0.15, 0.2) is 0 Å². The van der Waals surface area contributed by atoms with Crippen LogP contribution < -0.4 is 4.72 Å². The Bertz CT molecular complexity index is 1310. The zero-order valence-electron chi connectivity index (χ0n) is 19.1. The van der Waals surface area contributed by atoms with E-state index < -0.39 is 15.8 Å². The van der Waals surface area contributed by atoms with Gasteiger partial charge in [0.1, 0.15) is 20.6 Å². The molecule has 1 N–H and O–H groups in total. The number of carbonyl (C=O) groups excluding carboxylic acids is 1. The van der Waals surface area contributed by atoms with Crippen molar-refractivity contribution in [3.63, 3.8) is 0 Å². The van der Waals surface area contributed by atoms with Crippen LogP contribution in [0, 0.1) is 25.6 Å². The average Bonchev–Trinajstić information content (AvgIpc) is 3.30. The molecule has 33 heavy (non-hydrogen) atoms. The number of aromatic nitrogens is 2. The number of piperidine rings is 1. The van der Waals surface area contributed by atoms with Crippen LogP contribution in [0.5, 0.6) is 0 Å². The highest BCUT2D eigenvalue weighted by atomic mass is 32.2. The van der Waals surface area contributed by atoms with Gasteiger partial charge in [-0.05, 0) is 50.8 Å². The Morgan fingerprint density at radius 3 is 2.55 bits per heavy atom. The van der Waals surface area contributed by atoms with Crippen LogP contribution in [0.3, 0.4) is 0 Å². The van der Waals surface area contributed by atoms with E-state index in [1.165, 1.54) is 35.6 Å². The molecule has 1 saturated heterocycles. The highest BCUT2D eigenvalue weighted by Gasteiger charge is 2.28. The lowest BCUT2D eigenvalue weighted by Gasteiger charge is -2.30. The molecule has 0 unspecified atom stereocenters. The number of hydrogen-bond acceptors (Lipinski definition) is 5. The molecule has 3 aromatic rings. The van der Waals surface area contributed by atoms with Gasteiger partial charge in [0.25, 0.3) is 15.9 Å². The Hall–Kier alpha value is -2.72. The van der Waals surface area contributed by atoms with Gasteiger partial charge in [-0.3, -0.25) is 9.52 Å². The maximum absolute atomic E-state index is 14.0. The molecule has 0 radical (unpaired) electrons. The quantitative estimate of drug-likeness (QED) is 0.568. The molecule has 1 aromatic carbocycles. The Balaban J connectivity index is 1.65. The maximum atomic E-state index is 14.0. The Morgan fingerprint density at radius 1 is 1.21 bits per heavy atom. The molecular formula is C23H27FN4O3S2. The second-order valence-electron chi connectivity index (χ2n) is 8.53. The number of hydrogen-bond donors (Lipinski definition) is 1. The minimum absolute atomic E-state index is 0.0249. The summed E-state index contributed by atoms with van der Waals surface area (Å²) in [5.74, 6) is -0.0549. The summed E-state index contributed by atoms with van der Waals surface area (Å²) in [4.78, 5) is 20.1. The number of para-hydroxylation sites is 1. The third-order valence-electron chi connectivity index (χ3n) is 6.18. The van der Waals surface area contributed by atoms with Crippen molar-refractivity contribution in [2.24, 2.45) is 13.0 Å². The molecule has 10 heteroatoms. The molecule has 1 aliphatic heterocycles. The number of anilines is 1. The molecule has 7 nitrogen and oxygen atoms in total. The fraction of sp³-hybridized carbons (Fsp3) is 0.391. The first-order valence-corrected chi connectivity index (χ1v) is 13.1. The van der Waals surface area contributed by atoms with Gasteiger partial charge in [0.05, 0.1) is 17.1 Å². The van der Waals surface area contributed by atoms with Gasteiger partial charge in [0, 0.05) is 25.8 Å². The highest BCUT2D eigenvalue weighted by Crippen LogP contribution is 2.34. The van der Waals surface area contributed by atoms with Gasteiger partial charge in [-0.15, -0.1) is 11.3 Å². The van der Waals surface area contributed by atoms with Crippen molar-refractivity contribution in [1.82, 2.24) is 14.5 Å². The van der Waals surface area contributed by atoms with Gasteiger partial charge in [-0.25, -0.2) is 17.8 Å². The topological polar surface area (TPSA) is 84.3 Å². The molecule has 1 aliphatic rings. The van der Waals surface area contributed by atoms with Crippen LogP contribution in [0.2, 0.25) is 0 Å². The van der Waals surface area contributed by atoms with E-state index in [9.17, 15) is 17.6 Å². The summed E-state index contributed by atoms with van der Waals surface area (Å²) in [5, 5.41) is 0.569. The van der Waals surface area contributed by atoms with E-state index in [0.717, 1.165) is 25.9 Å². The minimum atomic E-state index is -4.03. The fourth-order valence-electron chi connectivity index (χ4n) is 3.95. The monoisotopic (exact) mass is 490 g/mol. The fourth-order valence-corrected chi connectivity index (χ4v) is 6.40. The van der Waals surface area contributed by atoms with E-state index in [1.54, 1.807) is 31.5 Å². The molecule has 0 bridgehead atoms. The smallest absolute Gasteiger partial charge is 0.265 e. The molecule has 0 atom stereocenters. The molecule has 0 saturated carbocycles. The van der Waals surface area contributed by atoms with Gasteiger partial charge in [0.2, 0.25) is 0 Å². The van der Waals surface area contributed by atoms with Gasteiger partial charge >= 0.3 is 0 Å². The lowest BCUT2D eigenvalue weighted by atomic mass is 9.99. The third kappa shape index (κ3) is 4.54. The molecule has 3 heterocycles. The molecule has 0 aliphatic carbocycles. The number of rotatable bonds is 5. The van der Waals surface area contributed by atoms with E-state index in [2.05, 4.69) is 16.6 Å². The van der Waals surface area contributed by atoms with Crippen molar-refractivity contribution in [3.8, 4) is 10.7 Å². The van der Waals surface area contributed by atoms with Crippen molar-refractivity contribution in [2.45, 2.75) is 38.5 Å². The molecule has 4 rings (SSSR count). The summed E-state index contributed by atoms with van der Waals surface area (Å²) in [6.45, 7) is 7.15. The van der Waals surface area contributed by atoms with E-state index in [1.807, 2.05) is 4.90 Å². The Kier molecular flexibility index (Phi) is 6.32. The number of amides is 1. The number of aryl methyl sites for hydroxylation is 1. The summed E-state index contributed by atoms with van der Waals surface area (Å²) in [5.41, 5.74) is 1.59. The van der Waals surface area contributed by atoms with Crippen LogP contribution in [0.1, 0.15) is 40.8 Å². The average molecular weight is 491 g/mol. The van der Waals surface area contributed by atoms with Crippen molar-refractivity contribution in [3.05, 3.63) is 52.4 Å². The largest absolute Gasteiger partial charge is 0.345 e. The molecule has 0 spiro atoms. The van der Waals surface area contributed by atoms with Crippen LogP contribution in [0.15, 0.2) is 35.2 Å². The second-order valence-corrected chi connectivity index (χ2v) is 11.2. The lowest BCUT2D eigenvalue weighted by Crippen LogP contribution is -2.37. The van der Waals surface area contributed by atoms with Gasteiger partial charge in [-0.1, -0.05) is 19.1 Å². The summed E-state index contributed by atoms with van der Waals surface area (Å²) in [6, 6.07) is 7.14. The van der Waals surface area contributed by atoms with Crippen LogP contribution in [-0.2, 0) is 17.1 Å². The minimum Gasteiger partial charge on any atom is -0.345 e. The zero-order chi connectivity index (χ0) is 23.9. The molecule has 1 amide bonds. The molecule has 176 valence electrons. The molecule has 2 aromatic heterocycles. The summed E-state index contributed by atoms with van der Waals surface area (Å²) in [6.07, 6.45) is 1.98. The lowest BCUT2D eigenvalue weighted by molar-refractivity contribution is 0.0701. The van der Waals surface area contributed by atoms with Crippen molar-refractivity contribution in [1.29, 1.82) is 0 Å². The van der Waals surface area contributed by atoms with E-state index >= 15 is 0 Å². The van der Waals surface area contributed by atoms with Gasteiger partial charge in [-0.2, -0.15) is 0 Å². The number of sulfonamides is 1. The normalized spacial score (nSPS) is 15.1. The molecule has 1 fully saturated rings. The second kappa shape index (κ2) is 8.90. The Morgan fingerprint density at radius 2 is 1.88 bits per heavy atom. The van der Waals surface area contributed by atoms with Crippen molar-refractivity contribution >= 4 is 33.0 Å². The number of nitrogens with zero attached hydrogens (tertiary/aromatic N) is 3. The SMILES string of the molecule is Cc1nc(-c2cc(S(=O)(=O)Nc3ccccc3F)c(C)n2C)sc1C(=O)N1CCC(C)CC1. The van der Waals surface area contributed by atoms with Crippen LogP contribution in [0.4, 0.5) is 10.1 Å².